The highest BCUT2D eigenvalue weighted by atomic mass is 16.5. The molecule has 6 nitrogen and oxygen atoms in total. The van der Waals surface area contributed by atoms with E-state index in [4.69, 9.17) is 15.5 Å². The Balaban J connectivity index is 1.94. The van der Waals surface area contributed by atoms with Crippen molar-refractivity contribution in [2.24, 2.45) is 5.73 Å². The van der Waals surface area contributed by atoms with Crippen molar-refractivity contribution in [1.29, 1.82) is 0 Å². The fourth-order valence-corrected chi connectivity index (χ4v) is 4.31. The van der Waals surface area contributed by atoms with Crippen LogP contribution in [0.3, 0.4) is 0 Å². The van der Waals surface area contributed by atoms with E-state index in [2.05, 4.69) is 15.4 Å². The van der Waals surface area contributed by atoms with E-state index < -0.39 is 0 Å². The van der Waals surface area contributed by atoms with Crippen LogP contribution in [-0.4, -0.2) is 41.6 Å². The zero-order chi connectivity index (χ0) is 17.0. The number of primary amides is 1. The van der Waals surface area contributed by atoms with Crippen molar-refractivity contribution in [3.05, 3.63) is 41.0 Å². The van der Waals surface area contributed by atoms with Gasteiger partial charge < -0.3 is 15.4 Å². The van der Waals surface area contributed by atoms with Gasteiger partial charge in [-0.3, -0.25) is 9.20 Å². The van der Waals surface area contributed by atoms with Crippen LogP contribution in [0.1, 0.15) is 27.9 Å². The smallest absolute Gasteiger partial charge is 0.252 e. The highest BCUT2D eigenvalue weighted by Crippen LogP contribution is 2.38. The molecule has 128 valence electrons. The lowest BCUT2D eigenvalue weighted by Crippen LogP contribution is -2.38. The Kier molecular flexibility index (Phi) is 3.21. The summed E-state index contributed by atoms with van der Waals surface area (Å²) >= 11 is 0. The van der Waals surface area contributed by atoms with Gasteiger partial charge in [0.15, 0.2) is 5.65 Å². The molecule has 1 aliphatic carbocycles. The number of hydrogen-bond donors (Lipinski definition) is 1. The number of para-hydroxylation sites is 2. The number of nitrogens with zero attached hydrogens (tertiary/aromatic N) is 3. The fraction of sp³-hybridized carbons (Fsp3) is 0.368. The van der Waals surface area contributed by atoms with Gasteiger partial charge in [-0.05, 0) is 42.5 Å². The third kappa shape index (κ3) is 2.07. The second kappa shape index (κ2) is 5.46. The molecule has 0 saturated carbocycles. The molecule has 3 heterocycles. The number of fused-ring (bicyclic) bond motifs is 4. The van der Waals surface area contributed by atoms with E-state index in [-0.39, 0.29) is 5.91 Å². The van der Waals surface area contributed by atoms with Crippen LogP contribution in [0, 0.1) is 0 Å². The van der Waals surface area contributed by atoms with Crippen LogP contribution in [0.4, 0.5) is 5.82 Å². The van der Waals surface area contributed by atoms with Crippen molar-refractivity contribution in [3.8, 4) is 0 Å². The second-order valence-corrected chi connectivity index (χ2v) is 6.73. The van der Waals surface area contributed by atoms with Gasteiger partial charge in [0.1, 0.15) is 5.82 Å². The minimum atomic E-state index is -0.382. The Labute approximate surface area is 145 Å². The largest absolute Gasteiger partial charge is 0.378 e. The number of amides is 1. The van der Waals surface area contributed by atoms with Gasteiger partial charge in [-0.1, -0.05) is 12.1 Å². The number of carbonyl (C=O) groups excluding carboxylic acids is 1. The molecule has 1 aromatic carbocycles. The third-order valence-electron chi connectivity index (χ3n) is 5.34. The van der Waals surface area contributed by atoms with Crippen LogP contribution in [0.2, 0.25) is 0 Å². The number of imidazole rings is 1. The predicted molar refractivity (Wildman–Crippen MR) is 96.3 cm³/mol. The summed E-state index contributed by atoms with van der Waals surface area (Å²) in [6, 6.07) is 8.03. The first kappa shape index (κ1) is 14.7. The number of pyridine rings is 1. The molecule has 1 saturated heterocycles. The highest BCUT2D eigenvalue weighted by molar-refractivity contribution is 6.03. The molecular formula is C19H20N4O2. The predicted octanol–water partition coefficient (Wildman–Crippen LogP) is 1.91. The molecule has 2 N–H and O–H groups in total. The van der Waals surface area contributed by atoms with Crippen molar-refractivity contribution in [1.82, 2.24) is 9.38 Å². The minimum absolute atomic E-state index is 0.382. The maximum absolute atomic E-state index is 12.3. The quantitative estimate of drug-likeness (QED) is 0.776. The summed E-state index contributed by atoms with van der Waals surface area (Å²) in [4.78, 5) is 19.4. The molecule has 25 heavy (non-hydrogen) atoms. The van der Waals surface area contributed by atoms with Crippen molar-refractivity contribution >= 4 is 28.4 Å². The molecule has 2 aromatic heterocycles. The molecule has 0 spiro atoms. The SMILES string of the molecule is NC(=O)c1c2c(c(N3CCOCC3)n3c1nc1ccccc13)CCC2. The molecule has 3 aromatic rings. The van der Waals surface area contributed by atoms with Crippen LogP contribution in [0.5, 0.6) is 0 Å². The van der Waals surface area contributed by atoms with E-state index in [9.17, 15) is 4.79 Å². The molecule has 1 amide bonds. The number of carbonyl (C=O) groups is 1. The molecule has 0 unspecified atom stereocenters. The summed E-state index contributed by atoms with van der Waals surface area (Å²) in [6.07, 6.45) is 2.92. The fourth-order valence-electron chi connectivity index (χ4n) is 4.31. The maximum atomic E-state index is 12.3. The second-order valence-electron chi connectivity index (χ2n) is 6.73. The van der Waals surface area contributed by atoms with Crippen LogP contribution in [0.25, 0.3) is 16.7 Å². The Hall–Kier alpha value is -2.60. The van der Waals surface area contributed by atoms with E-state index in [0.29, 0.717) is 11.2 Å². The van der Waals surface area contributed by atoms with Crippen molar-refractivity contribution in [2.45, 2.75) is 19.3 Å². The normalized spacial score (nSPS) is 17.4. The van der Waals surface area contributed by atoms with Crippen LogP contribution in [-0.2, 0) is 17.6 Å². The third-order valence-corrected chi connectivity index (χ3v) is 5.34. The van der Waals surface area contributed by atoms with Crippen LogP contribution >= 0.6 is 0 Å². The summed E-state index contributed by atoms with van der Waals surface area (Å²) < 4.78 is 7.69. The zero-order valence-electron chi connectivity index (χ0n) is 14.0. The first-order chi connectivity index (χ1) is 12.3. The maximum Gasteiger partial charge on any atom is 0.252 e. The lowest BCUT2D eigenvalue weighted by Gasteiger charge is -2.32. The average molecular weight is 336 g/mol. The van der Waals surface area contributed by atoms with Crippen LogP contribution in [0.15, 0.2) is 24.3 Å². The lowest BCUT2D eigenvalue weighted by molar-refractivity contribution is 0.100. The first-order valence-electron chi connectivity index (χ1n) is 8.83. The Morgan fingerprint density at radius 2 is 1.88 bits per heavy atom. The number of ether oxygens (including phenoxy) is 1. The average Bonchev–Trinajstić information content (AvgIpc) is 3.24. The number of aromatic nitrogens is 2. The van der Waals surface area contributed by atoms with E-state index in [1.165, 1.54) is 11.4 Å². The van der Waals surface area contributed by atoms with E-state index in [1.807, 2.05) is 18.2 Å². The molecule has 1 fully saturated rings. The van der Waals surface area contributed by atoms with Crippen molar-refractivity contribution in [3.63, 3.8) is 0 Å². The van der Waals surface area contributed by atoms with Crippen molar-refractivity contribution in [2.75, 3.05) is 31.2 Å². The molecule has 2 aliphatic rings. The van der Waals surface area contributed by atoms with Gasteiger partial charge in [0, 0.05) is 13.1 Å². The summed E-state index contributed by atoms with van der Waals surface area (Å²) in [5, 5.41) is 0. The Morgan fingerprint density at radius 1 is 1.12 bits per heavy atom. The highest BCUT2D eigenvalue weighted by Gasteiger charge is 2.30. The molecule has 0 radical (unpaired) electrons. The number of nitrogens with two attached hydrogens (primary N) is 1. The Morgan fingerprint density at radius 3 is 2.68 bits per heavy atom. The van der Waals surface area contributed by atoms with Crippen LogP contribution < -0.4 is 10.6 Å². The molecule has 1 aliphatic heterocycles. The molecule has 0 bridgehead atoms. The first-order valence-corrected chi connectivity index (χ1v) is 8.83. The lowest BCUT2D eigenvalue weighted by atomic mass is 10.0. The monoisotopic (exact) mass is 336 g/mol. The summed E-state index contributed by atoms with van der Waals surface area (Å²) in [5.41, 5.74) is 11.3. The molecule has 6 heteroatoms. The van der Waals surface area contributed by atoms with Gasteiger partial charge in [0.05, 0.1) is 29.8 Å². The zero-order valence-corrected chi connectivity index (χ0v) is 14.0. The summed E-state index contributed by atoms with van der Waals surface area (Å²) in [7, 11) is 0. The number of rotatable bonds is 2. The van der Waals surface area contributed by atoms with E-state index in [0.717, 1.165) is 62.2 Å². The number of morpholine rings is 1. The minimum Gasteiger partial charge on any atom is -0.378 e. The van der Waals surface area contributed by atoms with Gasteiger partial charge in [-0.25, -0.2) is 4.98 Å². The molecule has 0 atom stereocenters. The molecule has 5 rings (SSSR count). The van der Waals surface area contributed by atoms with Gasteiger partial charge in [0.2, 0.25) is 0 Å². The van der Waals surface area contributed by atoms with E-state index >= 15 is 0 Å². The van der Waals surface area contributed by atoms with Gasteiger partial charge in [0.25, 0.3) is 5.91 Å². The summed E-state index contributed by atoms with van der Waals surface area (Å²) in [5.74, 6) is 0.788. The Bertz CT molecular complexity index is 1000. The topological polar surface area (TPSA) is 72.9 Å². The van der Waals surface area contributed by atoms with Gasteiger partial charge in [-0.2, -0.15) is 0 Å². The van der Waals surface area contributed by atoms with Gasteiger partial charge >= 0.3 is 0 Å². The number of hydrogen-bond acceptors (Lipinski definition) is 4. The number of benzene rings is 1. The summed E-state index contributed by atoms with van der Waals surface area (Å²) in [6.45, 7) is 3.15. The number of anilines is 1. The standard InChI is InChI=1S/C19H20N4O2/c20-17(24)16-12-4-3-5-13(12)19(22-8-10-25-11-9-22)23-15-7-2-1-6-14(15)21-18(16)23/h1-2,6-7H,3-5,8-11H2,(H2,20,24). The van der Waals surface area contributed by atoms with E-state index in [1.54, 1.807) is 0 Å². The molecular weight excluding hydrogens is 316 g/mol. The van der Waals surface area contributed by atoms with Gasteiger partial charge in [-0.15, -0.1) is 0 Å². The van der Waals surface area contributed by atoms with Crippen molar-refractivity contribution < 1.29 is 9.53 Å².